The molecule has 0 amide bonds. The Morgan fingerprint density at radius 3 is 2.94 bits per heavy atom. The highest BCUT2D eigenvalue weighted by molar-refractivity contribution is 5.10. The van der Waals surface area contributed by atoms with Crippen LogP contribution in [0.25, 0.3) is 0 Å². The Balaban J connectivity index is 1.77. The van der Waals surface area contributed by atoms with Crippen LogP contribution >= 0.6 is 0 Å². The number of rotatable bonds is 6. The SMILES string of the molecule is CCCNCc1ccn(CC2CCCC2)c1. The maximum atomic E-state index is 3.44. The lowest BCUT2D eigenvalue weighted by molar-refractivity contribution is 0.458. The third-order valence-electron chi connectivity index (χ3n) is 3.51. The Morgan fingerprint density at radius 2 is 2.19 bits per heavy atom. The monoisotopic (exact) mass is 220 g/mol. The first-order valence-electron chi connectivity index (χ1n) is 6.74. The van der Waals surface area contributed by atoms with Gasteiger partial charge in [-0.3, -0.25) is 0 Å². The fourth-order valence-electron chi connectivity index (χ4n) is 2.61. The fourth-order valence-corrected chi connectivity index (χ4v) is 2.61. The van der Waals surface area contributed by atoms with Crippen molar-refractivity contribution in [3.8, 4) is 0 Å². The Morgan fingerprint density at radius 1 is 1.38 bits per heavy atom. The topological polar surface area (TPSA) is 17.0 Å². The highest BCUT2D eigenvalue weighted by Gasteiger charge is 2.14. The summed E-state index contributed by atoms with van der Waals surface area (Å²) in [6, 6.07) is 2.25. The molecule has 1 aliphatic carbocycles. The number of nitrogens with zero attached hydrogens (tertiary/aromatic N) is 1. The van der Waals surface area contributed by atoms with Gasteiger partial charge in [-0.1, -0.05) is 19.8 Å². The molecule has 0 saturated heterocycles. The van der Waals surface area contributed by atoms with Gasteiger partial charge in [0.15, 0.2) is 0 Å². The molecule has 1 aliphatic rings. The highest BCUT2D eigenvalue weighted by Crippen LogP contribution is 2.26. The normalized spacial score (nSPS) is 17.1. The van der Waals surface area contributed by atoms with Crippen LogP contribution in [0.4, 0.5) is 0 Å². The van der Waals surface area contributed by atoms with Crippen molar-refractivity contribution in [2.45, 2.75) is 52.1 Å². The summed E-state index contributed by atoms with van der Waals surface area (Å²) in [5.41, 5.74) is 1.42. The molecule has 2 nitrogen and oxygen atoms in total. The Kier molecular flexibility index (Phi) is 4.46. The van der Waals surface area contributed by atoms with Crippen LogP contribution in [-0.4, -0.2) is 11.1 Å². The van der Waals surface area contributed by atoms with E-state index in [0.29, 0.717) is 0 Å². The molecule has 1 aromatic rings. The zero-order valence-electron chi connectivity index (χ0n) is 10.4. The van der Waals surface area contributed by atoms with Crippen molar-refractivity contribution in [2.75, 3.05) is 6.54 Å². The van der Waals surface area contributed by atoms with Gasteiger partial charge in [-0.2, -0.15) is 0 Å². The average Bonchev–Trinajstić information content (AvgIpc) is 2.91. The second-order valence-electron chi connectivity index (χ2n) is 5.04. The molecule has 2 heteroatoms. The molecule has 0 aliphatic heterocycles. The average molecular weight is 220 g/mol. The van der Waals surface area contributed by atoms with E-state index in [-0.39, 0.29) is 0 Å². The maximum absolute atomic E-state index is 3.44. The van der Waals surface area contributed by atoms with E-state index in [1.165, 1.54) is 44.2 Å². The summed E-state index contributed by atoms with van der Waals surface area (Å²) in [6.07, 6.45) is 11.5. The molecule has 0 atom stereocenters. The van der Waals surface area contributed by atoms with Crippen LogP contribution in [0.1, 0.15) is 44.6 Å². The molecule has 0 radical (unpaired) electrons. The molecular formula is C14H24N2. The molecule has 1 fully saturated rings. The lowest BCUT2D eigenvalue weighted by atomic mass is 10.1. The van der Waals surface area contributed by atoms with E-state index in [1.54, 1.807) is 0 Å². The summed E-state index contributed by atoms with van der Waals surface area (Å²) in [6.45, 7) is 5.57. The molecule has 1 N–H and O–H groups in total. The first-order chi connectivity index (χ1) is 7.88. The smallest absolute Gasteiger partial charge is 0.0248 e. The van der Waals surface area contributed by atoms with Crippen LogP contribution in [0.15, 0.2) is 18.5 Å². The zero-order chi connectivity index (χ0) is 11.2. The Bertz CT molecular complexity index is 297. The molecule has 90 valence electrons. The summed E-state index contributed by atoms with van der Waals surface area (Å²) in [5.74, 6) is 0.934. The summed E-state index contributed by atoms with van der Waals surface area (Å²) < 4.78 is 2.37. The van der Waals surface area contributed by atoms with E-state index >= 15 is 0 Å². The maximum Gasteiger partial charge on any atom is 0.0248 e. The summed E-state index contributed by atoms with van der Waals surface area (Å²) >= 11 is 0. The number of hydrogen-bond acceptors (Lipinski definition) is 1. The first kappa shape index (κ1) is 11.7. The van der Waals surface area contributed by atoms with Gasteiger partial charge in [-0.15, -0.1) is 0 Å². The van der Waals surface area contributed by atoms with Crippen molar-refractivity contribution in [3.63, 3.8) is 0 Å². The molecule has 0 unspecified atom stereocenters. The second kappa shape index (κ2) is 6.09. The first-order valence-corrected chi connectivity index (χ1v) is 6.74. The molecule has 16 heavy (non-hydrogen) atoms. The minimum atomic E-state index is 0.934. The predicted molar refractivity (Wildman–Crippen MR) is 68.4 cm³/mol. The molecule has 1 aromatic heterocycles. The lowest BCUT2D eigenvalue weighted by Crippen LogP contribution is -2.13. The minimum Gasteiger partial charge on any atom is -0.354 e. The van der Waals surface area contributed by atoms with Gasteiger partial charge in [-0.25, -0.2) is 0 Å². The minimum absolute atomic E-state index is 0.934. The van der Waals surface area contributed by atoms with Gasteiger partial charge in [0.05, 0.1) is 0 Å². The summed E-state index contributed by atoms with van der Waals surface area (Å²) in [7, 11) is 0. The summed E-state index contributed by atoms with van der Waals surface area (Å²) in [4.78, 5) is 0. The number of nitrogens with one attached hydrogen (secondary N) is 1. The van der Waals surface area contributed by atoms with Crippen molar-refractivity contribution in [2.24, 2.45) is 5.92 Å². The van der Waals surface area contributed by atoms with Crippen molar-refractivity contribution in [1.82, 2.24) is 9.88 Å². The Labute approximate surface area is 99.0 Å². The van der Waals surface area contributed by atoms with Crippen LogP contribution in [0.2, 0.25) is 0 Å². The van der Waals surface area contributed by atoms with Gasteiger partial charge in [0, 0.05) is 25.5 Å². The molecule has 0 spiro atoms. The van der Waals surface area contributed by atoms with Crippen molar-refractivity contribution < 1.29 is 0 Å². The quantitative estimate of drug-likeness (QED) is 0.729. The van der Waals surface area contributed by atoms with Gasteiger partial charge in [0.25, 0.3) is 0 Å². The van der Waals surface area contributed by atoms with Crippen LogP contribution in [0.3, 0.4) is 0 Å². The lowest BCUT2D eigenvalue weighted by Gasteiger charge is -2.09. The van der Waals surface area contributed by atoms with Gasteiger partial charge in [0.1, 0.15) is 0 Å². The highest BCUT2D eigenvalue weighted by atomic mass is 14.9. The largest absolute Gasteiger partial charge is 0.354 e. The van der Waals surface area contributed by atoms with E-state index in [2.05, 4.69) is 35.3 Å². The van der Waals surface area contributed by atoms with Crippen molar-refractivity contribution in [3.05, 3.63) is 24.0 Å². The molecule has 2 rings (SSSR count). The van der Waals surface area contributed by atoms with Crippen LogP contribution in [0, 0.1) is 5.92 Å². The predicted octanol–water partition coefficient (Wildman–Crippen LogP) is 3.18. The van der Waals surface area contributed by atoms with Crippen LogP contribution < -0.4 is 5.32 Å². The van der Waals surface area contributed by atoms with Crippen molar-refractivity contribution in [1.29, 1.82) is 0 Å². The number of hydrogen-bond donors (Lipinski definition) is 1. The van der Waals surface area contributed by atoms with Crippen molar-refractivity contribution >= 4 is 0 Å². The fraction of sp³-hybridized carbons (Fsp3) is 0.714. The zero-order valence-corrected chi connectivity index (χ0v) is 10.4. The van der Waals surface area contributed by atoms with Crippen LogP contribution in [-0.2, 0) is 13.1 Å². The third-order valence-corrected chi connectivity index (χ3v) is 3.51. The number of aromatic nitrogens is 1. The van der Waals surface area contributed by atoms with E-state index in [9.17, 15) is 0 Å². The van der Waals surface area contributed by atoms with E-state index in [1.807, 2.05) is 0 Å². The molecule has 0 aromatic carbocycles. The van der Waals surface area contributed by atoms with Gasteiger partial charge < -0.3 is 9.88 Å². The third kappa shape index (κ3) is 3.38. The Hall–Kier alpha value is -0.760. The molecular weight excluding hydrogens is 196 g/mol. The van der Waals surface area contributed by atoms with Crippen LogP contribution in [0.5, 0.6) is 0 Å². The summed E-state index contributed by atoms with van der Waals surface area (Å²) in [5, 5.41) is 3.44. The standard InChI is InChI=1S/C14H24N2/c1-2-8-15-10-14-7-9-16(12-14)11-13-5-3-4-6-13/h7,9,12-13,15H,2-6,8,10-11H2,1H3. The van der Waals surface area contributed by atoms with Gasteiger partial charge >= 0.3 is 0 Å². The molecule has 0 bridgehead atoms. The van der Waals surface area contributed by atoms with Gasteiger partial charge in [0.2, 0.25) is 0 Å². The molecule has 1 saturated carbocycles. The second-order valence-corrected chi connectivity index (χ2v) is 5.04. The van der Waals surface area contributed by atoms with E-state index in [4.69, 9.17) is 0 Å². The molecule has 1 heterocycles. The van der Waals surface area contributed by atoms with E-state index in [0.717, 1.165) is 19.0 Å². The van der Waals surface area contributed by atoms with Gasteiger partial charge in [-0.05, 0) is 43.4 Å². The van der Waals surface area contributed by atoms with E-state index < -0.39 is 0 Å².